The van der Waals surface area contributed by atoms with Crippen molar-refractivity contribution in [3.63, 3.8) is 0 Å². The van der Waals surface area contributed by atoms with E-state index in [4.69, 9.17) is 0 Å². The zero-order chi connectivity index (χ0) is 14.0. The highest BCUT2D eigenvalue weighted by atomic mass is 16.5. The molecule has 0 fully saturated rings. The first-order valence-electron chi connectivity index (χ1n) is 6.32. The zero-order valence-corrected chi connectivity index (χ0v) is 11.2. The smallest absolute Gasteiger partial charge is 0.325 e. The average molecular weight is 260 g/mol. The van der Waals surface area contributed by atoms with Gasteiger partial charge < -0.3 is 9.30 Å². The van der Waals surface area contributed by atoms with E-state index in [1.807, 2.05) is 13.0 Å². The van der Waals surface area contributed by atoms with Crippen LogP contribution in [0.1, 0.15) is 35.2 Å². The van der Waals surface area contributed by atoms with Gasteiger partial charge in [0.2, 0.25) is 0 Å². The average Bonchev–Trinajstić information content (AvgIpc) is 2.44. The summed E-state index contributed by atoms with van der Waals surface area (Å²) in [7, 11) is 1.28. The van der Waals surface area contributed by atoms with Crippen molar-refractivity contribution in [2.75, 3.05) is 7.11 Å². The summed E-state index contributed by atoms with van der Waals surface area (Å²) in [6.45, 7) is 1.69. The summed E-state index contributed by atoms with van der Waals surface area (Å²) < 4.78 is 5.96. The van der Waals surface area contributed by atoms with Crippen LogP contribution in [0.4, 0.5) is 0 Å². The molecule has 0 atom stereocenters. The van der Waals surface area contributed by atoms with E-state index < -0.39 is 5.97 Å². The molecule has 0 N–H and O–H groups in total. The number of nitrogens with zero attached hydrogens (tertiary/aromatic N) is 2. The van der Waals surface area contributed by atoms with Crippen LogP contribution in [0, 0.1) is 18.3 Å². The SMILES string of the molecule is COC(=O)Cn1c(C)c2c(c(C#N)c1=O)CCCC2. The summed E-state index contributed by atoms with van der Waals surface area (Å²) in [6, 6.07) is 2.00. The maximum atomic E-state index is 12.3. The molecule has 19 heavy (non-hydrogen) atoms. The Hall–Kier alpha value is -2.09. The molecule has 0 aliphatic heterocycles. The van der Waals surface area contributed by atoms with E-state index in [1.54, 1.807) is 0 Å². The topological polar surface area (TPSA) is 72.1 Å². The molecule has 0 unspecified atom stereocenters. The van der Waals surface area contributed by atoms with Gasteiger partial charge in [-0.25, -0.2) is 0 Å². The standard InChI is InChI=1S/C14H16N2O3/c1-9-10-5-3-4-6-11(10)12(7-15)14(18)16(9)8-13(17)19-2/h3-6,8H2,1-2H3. The lowest BCUT2D eigenvalue weighted by Crippen LogP contribution is -2.32. The Kier molecular flexibility index (Phi) is 3.70. The lowest BCUT2D eigenvalue weighted by Gasteiger charge is -2.22. The van der Waals surface area contributed by atoms with Gasteiger partial charge in [0.1, 0.15) is 18.2 Å². The summed E-state index contributed by atoms with van der Waals surface area (Å²) in [5.74, 6) is -0.482. The lowest BCUT2D eigenvalue weighted by molar-refractivity contribution is -0.141. The largest absolute Gasteiger partial charge is 0.468 e. The lowest BCUT2D eigenvalue weighted by atomic mass is 9.88. The van der Waals surface area contributed by atoms with Crippen LogP contribution in [0.3, 0.4) is 0 Å². The van der Waals surface area contributed by atoms with Crippen molar-refractivity contribution in [3.8, 4) is 6.07 Å². The van der Waals surface area contributed by atoms with Gasteiger partial charge in [0.05, 0.1) is 7.11 Å². The maximum absolute atomic E-state index is 12.3. The Morgan fingerprint density at radius 1 is 1.37 bits per heavy atom. The third kappa shape index (κ3) is 2.26. The molecule has 1 heterocycles. The highest BCUT2D eigenvalue weighted by molar-refractivity contribution is 5.69. The molecule has 1 aliphatic carbocycles. The molecule has 0 aromatic carbocycles. The van der Waals surface area contributed by atoms with Crippen molar-refractivity contribution in [1.82, 2.24) is 4.57 Å². The molecule has 0 bridgehead atoms. The van der Waals surface area contributed by atoms with Crippen LogP contribution in [-0.4, -0.2) is 17.6 Å². The summed E-state index contributed by atoms with van der Waals surface area (Å²) >= 11 is 0. The van der Waals surface area contributed by atoms with Crippen LogP contribution in [-0.2, 0) is 28.9 Å². The van der Waals surface area contributed by atoms with Gasteiger partial charge in [-0.15, -0.1) is 0 Å². The monoisotopic (exact) mass is 260 g/mol. The molecule has 1 aliphatic rings. The Labute approximate surface area is 111 Å². The molecule has 0 radical (unpaired) electrons. The van der Waals surface area contributed by atoms with E-state index in [-0.39, 0.29) is 17.7 Å². The van der Waals surface area contributed by atoms with E-state index in [0.717, 1.165) is 42.5 Å². The molecule has 0 spiro atoms. The van der Waals surface area contributed by atoms with E-state index >= 15 is 0 Å². The first-order chi connectivity index (χ1) is 9.10. The van der Waals surface area contributed by atoms with Gasteiger partial charge in [-0.1, -0.05) is 0 Å². The normalized spacial score (nSPS) is 13.5. The van der Waals surface area contributed by atoms with Crippen LogP contribution in [0.15, 0.2) is 4.79 Å². The number of carbonyl (C=O) groups is 1. The first kappa shape index (κ1) is 13.3. The number of fused-ring (bicyclic) bond motifs is 1. The predicted octanol–water partition coefficient (Wildman–Crippen LogP) is 1.08. The molecule has 1 aromatic heterocycles. The minimum absolute atomic E-state index is 0.136. The number of aromatic nitrogens is 1. The van der Waals surface area contributed by atoms with Crippen LogP contribution in [0.25, 0.3) is 0 Å². The van der Waals surface area contributed by atoms with Crippen molar-refractivity contribution in [1.29, 1.82) is 5.26 Å². The molecule has 0 saturated carbocycles. The second-order valence-corrected chi connectivity index (χ2v) is 4.70. The molecule has 1 aromatic rings. The first-order valence-corrected chi connectivity index (χ1v) is 6.32. The second-order valence-electron chi connectivity index (χ2n) is 4.70. The van der Waals surface area contributed by atoms with E-state index in [0.29, 0.717) is 0 Å². The highest BCUT2D eigenvalue weighted by Gasteiger charge is 2.22. The molecule has 0 saturated heterocycles. The van der Waals surface area contributed by atoms with Crippen molar-refractivity contribution in [3.05, 3.63) is 32.7 Å². The van der Waals surface area contributed by atoms with Gasteiger partial charge in [-0.05, 0) is 43.7 Å². The van der Waals surface area contributed by atoms with Crippen LogP contribution < -0.4 is 5.56 Å². The van der Waals surface area contributed by atoms with Crippen molar-refractivity contribution < 1.29 is 9.53 Å². The molecule has 2 rings (SSSR count). The number of methoxy groups -OCH3 is 1. The summed E-state index contributed by atoms with van der Waals surface area (Å²) in [5.41, 5.74) is 2.50. The van der Waals surface area contributed by atoms with E-state index in [9.17, 15) is 14.9 Å². The summed E-state index contributed by atoms with van der Waals surface area (Å²) in [4.78, 5) is 23.7. The Bertz CT molecular complexity index is 623. The number of ether oxygens (including phenoxy) is 1. The molecule has 5 nitrogen and oxygen atoms in total. The Morgan fingerprint density at radius 3 is 2.58 bits per heavy atom. The summed E-state index contributed by atoms with van der Waals surface area (Å²) in [6.07, 6.45) is 3.68. The third-order valence-electron chi connectivity index (χ3n) is 3.70. The number of nitriles is 1. The van der Waals surface area contributed by atoms with Gasteiger partial charge in [0.25, 0.3) is 5.56 Å². The molecule has 5 heteroatoms. The number of hydrogen-bond acceptors (Lipinski definition) is 4. The number of rotatable bonds is 2. The van der Waals surface area contributed by atoms with Gasteiger partial charge in [-0.3, -0.25) is 9.59 Å². The van der Waals surface area contributed by atoms with Crippen molar-refractivity contribution in [2.24, 2.45) is 0 Å². The second kappa shape index (κ2) is 5.27. The third-order valence-corrected chi connectivity index (χ3v) is 3.70. The Balaban J connectivity index is 2.65. The fourth-order valence-electron chi connectivity index (χ4n) is 2.66. The van der Waals surface area contributed by atoms with Crippen molar-refractivity contribution in [2.45, 2.75) is 39.2 Å². The maximum Gasteiger partial charge on any atom is 0.325 e. The van der Waals surface area contributed by atoms with Gasteiger partial charge in [0, 0.05) is 5.69 Å². The highest BCUT2D eigenvalue weighted by Crippen LogP contribution is 2.25. The summed E-state index contributed by atoms with van der Waals surface area (Å²) in [5, 5.41) is 9.20. The number of carbonyl (C=O) groups excluding carboxylic acids is 1. The van der Waals surface area contributed by atoms with Gasteiger partial charge in [0.15, 0.2) is 0 Å². The van der Waals surface area contributed by atoms with Crippen LogP contribution in [0.2, 0.25) is 0 Å². The minimum atomic E-state index is -0.482. The van der Waals surface area contributed by atoms with Crippen LogP contribution in [0.5, 0.6) is 0 Å². The molecule has 100 valence electrons. The fourth-order valence-corrected chi connectivity index (χ4v) is 2.66. The molecule has 0 amide bonds. The fraction of sp³-hybridized carbons (Fsp3) is 0.500. The number of hydrogen-bond donors (Lipinski definition) is 0. The number of pyridine rings is 1. The van der Waals surface area contributed by atoms with Crippen LogP contribution >= 0.6 is 0 Å². The minimum Gasteiger partial charge on any atom is -0.468 e. The Morgan fingerprint density at radius 2 is 2.00 bits per heavy atom. The van der Waals surface area contributed by atoms with E-state index in [2.05, 4.69) is 4.74 Å². The molecular weight excluding hydrogens is 244 g/mol. The van der Waals surface area contributed by atoms with Gasteiger partial charge in [-0.2, -0.15) is 5.26 Å². The number of esters is 1. The quantitative estimate of drug-likeness (QED) is 0.746. The molecular formula is C14H16N2O3. The zero-order valence-electron chi connectivity index (χ0n) is 11.2. The van der Waals surface area contributed by atoms with Crippen molar-refractivity contribution >= 4 is 5.97 Å². The van der Waals surface area contributed by atoms with Gasteiger partial charge >= 0.3 is 5.97 Å². The van der Waals surface area contributed by atoms with E-state index in [1.165, 1.54) is 11.7 Å². The predicted molar refractivity (Wildman–Crippen MR) is 68.8 cm³/mol.